The molecule has 0 N–H and O–H groups in total. The van der Waals surface area contributed by atoms with E-state index in [4.69, 9.17) is 4.74 Å². The average molecular weight is 356 g/mol. The van der Waals surface area contributed by atoms with Gasteiger partial charge in [-0.25, -0.2) is 4.79 Å². The van der Waals surface area contributed by atoms with Crippen LogP contribution in [-0.4, -0.2) is 77.6 Å². The quantitative estimate of drug-likeness (QED) is 0.735. The molecule has 0 spiro atoms. The van der Waals surface area contributed by atoms with E-state index in [2.05, 4.69) is 18.7 Å². The van der Waals surface area contributed by atoms with Crippen LogP contribution in [0.2, 0.25) is 0 Å². The molecule has 0 saturated carbocycles. The Morgan fingerprint density at radius 2 is 1.56 bits per heavy atom. The predicted octanol–water partition coefficient (Wildman–Crippen LogP) is 2.82. The highest BCUT2D eigenvalue weighted by atomic mass is 16.6. The number of likely N-dealkylation sites (N-methyl/N-ethyl adjacent to an activating group) is 1. The van der Waals surface area contributed by atoms with Crippen LogP contribution in [0.25, 0.3) is 0 Å². The molecule has 0 aromatic rings. The molecule has 1 rings (SSSR count). The van der Waals surface area contributed by atoms with Gasteiger partial charge in [-0.3, -0.25) is 9.69 Å². The first-order chi connectivity index (χ1) is 11.6. The minimum Gasteiger partial charge on any atom is -0.444 e. The summed E-state index contributed by atoms with van der Waals surface area (Å²) in [6.45, 7) is 18.1. The van der Waals surface area contributed by atoms with Gasteiger partial charge in [0.15, 0.2) is 0 Å². The SMILES string of the molecule is CCN(CC)C(=O)C(CC(C)C)N1CCN(C(=O)OC(C)(C)C)CC1. The topological polar surface area (TPSA) is 53.1 Å². The smallest absolute Gasteiger partial charge is 0.410 e. The normalized spacial score (nSPS) is 17.5. The number of nitrogens with zero attached hydrogens (tertiary/aromatic N) is 3. The summed E-state index contributed by atoms with van der Waals surface area (Å²) in [5.74, 6) is 0.665. The summed E-state index contributed by atoms with van der Waals surface area (Å²) < 4.78 is 5.45. The van der Waals surface area contributed by atoms with E-state index >= 15 is 0 Å². The Labute approximate surface area is 153 Å². The van der Waals surface area contributed by atoms with Crippen molar-refractivity contribution >= 4 is 12.0 Å². The number of ether oxygens (including phenoxy) is 1. The van der Waals surface area contributed by atoms with Crippen LogP contribution in [0.5, 0.6) is 0 Å². The maximum atomic E-state index is 12.9. The van der Waals surface area contributed by atoms with E-state index < -0.39 is 5.60 Å². The second kappa shape index (κ2) is 9.41. The van der Waals surface area contributed by atoms with Gasteiger partial charge in [-0.1, -0.05) is 13.8 Å². The van der Waals surface area contributed by atoms with Crippen LogP contribution in [-0.2, 0) is 9.53 Å². The zero-order chi connectivity index (χ0) is 19.2. The molecule has 6 nitrogen and oxygen atoms in total. The molecule has 25 heavy (non-hydrogen) atoms. The molecule has 146 valence electrons. The summed E-state index contributed by atoms with van der Waals surface area (Å²) in [5, 5.41) is 0. The highest BCUT2D eigenvalue weighted by Crippen LogP contribution is 2.18. The number of rotatable bonds is 6. The van der Waals surface area contributed by atoms with Crippen molar-refractivity contribution in [1.29, 1.82) is 0 Å². The van der Waals surface area contributed by atoms with Crippen LogP contribution in [0, 0.1) is 5.92 Å². The van der Waals surface area contributed by atoms with Gasteiger partial charge in [0.2, 0.25) is 5.91 Å². The second-order valence-corrected chi connectivity index (χ2v) is 8.16. The molecule has 1 unspecified atom stereocenters. The van der Waals surface area contributed by atoms with Crippen molar-refractivity contribution < 1.29 is 14.3 Å². The van der Waals surface area contributed by atoms with Crippen molar-refractivity contribution in [2.75, 3.05) is 39.3 Å². The van der Waals surface area contributed by atoms with Crippen LogP contribution < -0.4 is 0 Å². The Balaban J connectivity index is 2.71. The minimum atomic E-state index is -0.479. The maximum Gasteiger partial charge on any atom is 0.410 e. The summed E-state index contributed by atoms with van der Waals surface area (Å²) >= 11 is 0. The number of piperazine rings is 1. The third kappa shape index (κ3) is 6.84. The fraction of sp³-hybridized carbons (Fsp3) is 0.895. The molecule has 1 heterocycles. The summed E-state index contributed by atoms with van der Waals surface area (Å²) in [7, 11) is 0. The monoisotopic (exact) mass is 355 g/mol. The van der Waals surface area contributed by atoms with Crippen LogP contribution in [0.1, 0.15) is 54.9 Å². The van der Waals surface area contributed by atoms with Crippen molar-refractivity contribution in [3.8, 4) is 0 Å². The standard InChI is InChI=1S/C19H37N3O3/c1-8-20(9-2)17(23)16(14-15(3)4)21-10-12-22(13-11-21)18(24)25-19(5,6)7/h15-16H,8-14H2,1-7H3. The van der Waals surface area contributed by atoms with E-state index in [9.17, 15) is 9.59 Å². The molecule has 6 heteroatoms. The van der Waals surface area contributed by atoms with Crippen LogP contribution >= 0.6 is 0 Å². The van der Waals surface area contributed by atoms with Crippen LogP contribution in [0.4, 0.5) is 4.79 Å². The van der Waals surface area contributed by atoms with E-state index in [0.29, 0.717) is 32.1 Å². The van der Waals surface area contributed by atoms with Gasteiger partial charge in [-0.15, -0.1) is 0 Å². The van der Waals surface area contributed by atoms with Gasteiger partial charge in [0.05, 0.1) is 6.04 Å². The van der Waals surface area contributed by atoms with Gasteiger partial charge in [-0.2, -0.15) is 0 Å². The third-order valence-electron chi connectivity index (χ3n) is 4.46. The number of carbonyl (C=O) groups excluding carboxylic acids is 2. The first-order valence-electron chi connectivity index (χ1n) is 9.59. The van der Waals surface area contributed by atoms with Gasteiger partial charge in [-0.05, 0) is 47.0 Å². The van der Waals surface area contributed by atoms with Gasteiger partial charge < -0.3 is 14.5 Å². The molecule has 1 fully saturated rings. The predicted molar refractivity (Wildman–Crippen MR) is 101 cm³/mol. The summed E-state index contributed by atoms with van der Waals surface area (Å²) in [4.78, 5) is 31.0. The van der Waals surface area contributed by atoms with Gasteiger partial charge in [0, 0.05) is 39.3 Å². The molecule has 2 amide bonds. The Morgan fingerprint density at radius 1 is 1.04 bits per heavy atom. The van der Waals surface area contributed by atoms with Crippen molar-refractivity contribution in [2.45, 2.75) is 66.5 Å². The maximum absolute atomic E-state index is 12.9. The zero-order valence-corrected chi connectivity index (χ0v) is 17.2. The molecule has 1 saturated heterocycles. The lowest BCUT2D eigenvalue weighted by Crippen LogP contribution is -2.57. The summed E-state index contributed by atoms with van der Waals surface area (Å²) in [6, 6.07) is -0.0966. The lowest BCUT2D eigenvalue weighted by Gasteiger charge is -2.40. The van der Waals surface area contributed by atoms with Crippen molar-refractivity contribution in [3.63, 3.8) is 0 Å². The molecule has 1 atom stereocenters. The van der Waals surface area contributed by atoms with Crippen molar-refractivity contribution in [2.24, 2.45) is 5.92 Å². The van der Waals surface area contributed by atoms with Crippen molar-refractivity contribution in [1.82, 2.24) is 14.7 Å². The average Bonchev–Trinajstić information content (AvgIpc) is 2.52. The molecule has 1 aliphatic heterocycles. The van der Waals surface area contributed by atoms with Crippen LogP contribution in [0.3, 0.4) is 0 Å². The Hall–Kier alpha value is -1.30. The zero-order valence-electron chi connectivity index (χ0n) is 17.2. The van der Waals surface area contributed by atoms with E-state index in [1.165, 1.54) is 0 Å². The Bertz CT molecular complexity index is 434. The lowest BCUT2D eigenvalue weighted by molar-refractivity contribution is -0.138. The van der Waals surface area contributed by atoms with Crippen molar-refractivity contribution in [3.05, 3.63) is 0 Å². The molecular weight excluding hydrogens is 318 g/mol. The van der Waals surface area contributed by atoms with E-state index in [0.717, 1.165) is 19.5 Å². The number of carbonyl (C=O) groups is 2. The second-order valence-electron chi connectivity index (χ2n) is 8.16. The summed E-state index contributed by atoms with van der Waals surface area (Å²) in [5.41, 5.74) is -0.479. The number of hydrogen-bond donors (Lipinski definition) is 0. The van der Waals surface area contributed by atoms with E-state index in [1.807, 2.05) is 39.5 Å². The number of hydrogen-bond acceptors (Lipinski definition) is 4. The Kier molecular flexibility index (Phi) is 8.19. The molecule has 0 radical (unpaired) electrons. The van der Waals surface area contributed by atoms with Crippen LogP contribution in [0.15, 0.2) is 0 Å². The molecule has 0 aliphatic carbocycles. The fourth-order valence-electron chi connectivity index (χ4n) is 3.14. The molecule has 1 aliphatic rings. The third-order valence-corrected chi connectivity index (χ3v) is 4.46. The largest absolute Gasteiger partial charge is 0.444 e. The molecule has 0 aromatic heterocycles. The summed E-state index contributed by atoms with van der Waals surface area (Å²) in [6.07, 6.45) is 0.588. The first-order valence-corrected chi connectivity index (χ1v) is 9.59. The molecule has 0 bridgehead atoms. The van der Waals surface area contributed by atoms with Gasteiger partial charge in [0.25, 0.3) is 0 Å². The minimum absolute atomic E-state index is 0.0966. The van der Waals surface area contributed by atoms with E-state index in [-0.39, 0.29) is 18.0 Å². The molecule has 0 aromatic carbocycles. The van der Waals surface area contributed by atoms with Gasteiger partial charge >= 0.3 is 6.09 Å². The Morgan fingerprint density at radius 3 is 1.96 bits per heavy atom. The number of amides is 2. The fourth-order valence-corrected chi connectivity index (χ4v) is 3.14. The van der Waals surface area contributed by atoms with E-state index in [1.54, 1.807) is 4.90 Å². The lowest BCUT2D eigenvalue weighted by atomic mass is 10.00. The van der Waals surface area contributed by atoms with Gasteiger partial charge in [0.1, 0.15) is 5.60 Å². The highest BCUT2D eigenvalue weighted by molar-refractivity contribution is 5.82. The molecular formula is C19H37N3O3. The highest BCUT2D eigenvalue weighted by Gasteiger charge is 2.33. The first kappa shape index (κ1) is 21.7.